The quantitative estimate of drug-likeness (QED) is 0.548. The summed E-state index contributed by atoms with van der Waals surface area (Å²) in [7, 11) is 0. The van der Waals surface area contributed by atoms with E-state index >= 15 is 0 Å². The number of nitrogens with two attached hydrogens (primary N) is 1. The molecular formula is C16H25N3O4. The Morgan fingerprint density at radius 1 is 1.13 bits per heavy atom. The molecule has 7 heteroatoms. The van der Waals surface area contributed by atoms with Gasteiger partial charge in [0.15, 0.2) is 0 Å². The van der Waals surface area contributed by atoms with E-state index in [-0.39, 0.29) is 19.0 Å². The van der Waals surface area contributed by atoms with Crippen LogP contribution >= 0.6 is 0 Å². The van der Waals surface area contributed by atoms with Gasteiger partial charge in [-0.2, -0.15) is 0 Å². The number of carbonyl (C=O) groups excluding carboxylic acids is 2. The van der Waals surface area contributed by atoms with Crippen LogP contribution in [0.1, 0.15) is 38.1 Å². The molecule has 1 aromatic carbocycles. The second-order valence-electron chi connectivity index (χ2n) is 5.91. The monoisotopic (exact) mass is 323 g/mol. The van der Waals surface area contributed by atoms with Crippen LogP contribution in [0.25, 0.3) is 0 Å². The molecule has 0 aliphatic heterocycles. The van der Waals surface area contributed by atoms with E-state index in [1.165, 1.54) is 0 Å². The van der Waals surface area contributed by atoms with Crippen molar-refractivity contribution in [2.75, 3.05) is 25.4 Å². The summed E-state index contributed by atoms with van der Waals surface area (Å²) >= 11 is 0. The second-order valence-corrected chi connectivity index (χ2v) is 5.91. The van der Waals surface area contributed by atoms with Gasteiger partial charge in [-0.1, -0.05) is 0 Å². The van der Waals surface area contributed by atoms with Crippen molar-refractivity contribution in [2.24, 2.45) is 0 Å². The summed E-state index contributed by atoms with van der Waals surface area (Å²) in [4.78, 5) is 23.5. The van der Waals surface area contributed by atoms with E-state index in [1.54, 1.807) is 39.0 Å². The highest BCUT2D eigenvalue weighted by Crippen LogP contribution is 2.18. The minimum atomic E-state index is -0.551. The summed E-state index contributed by atoms with van der Waals surface area (Å²) in [5, 5.41) is 5.26. The van der Waals surface area contributed by atoms with Crippen LogP contribution in [0.2, 0.25) is 0 Å². The van der Waals surface area contributed by atoms with Gasteiger partial charge in [0.2, 0.25) is 0 Å². The van der Waals surface area contributed by atoms with E-state index < -0.39 is 11.7 Å². The first kappa shape index (κ1) is 18.6. The number of alkyl carbamates (subject to hydrolysis) is 1. The van der Waals surface area contributed by atoms with Gasteiger partial charge in [0.1, 0.15) is 11.4 Å². The highest BCUT2D eigenvalue weighted by molar-refractivity contribution is 5.95. The lowest BCUT2D eigenvalue weighted by atomic mass is 10.1. The van der Waals surface area contributed by atoms with Gasteiger partial charge >= 0.3 is 6.09 Å². The number of anilines is 1. The normalized spacial score (nSPS) is 10.8. The highest BCUT2D eigenvalue weighted by Gasteiger charge is 2.15. The average molecular weight is 323 g/mol. The molecule has 0 fully saturated rings. The van der Waals surface area contributed by atoms with Crippen LogP contribution < -0.4 is 21.1 Å². The van der Waals surface area contributed by atoms with Gasteiger partial charge in [-0.25, -0.2) is 4.79 Å². The van der Waals surface area contributed by atoms with Crippen molar-refractivity contribution in [3.8, 4) is 5.75 Å². The molecular weight excluding hydrogens is 298 g/mol. The van der Waals surface area contributed by atoms with Gasteiger partial charge in [-0.3, -0.25) is 4.79 Å². The topological polar surface area (TPSA) is 103 Å². The first-order chi connectivity index (χ1) is 10.7. The molecule has 2 amide bonds. The van der Waals surface area contributed by atoms with Gasteiger partial charge in [0.05, 0.1) is 6.61 Å². The molecule has 0 atom stereocenters. The lowest BCUT2D eigenvalue weighted by molar-refractivity contribution is 0.0526. The average Bonchev–Trinajstić information content (AvgIpc) is 2.41. The Morgan fingerprint density at radius 2 is 1.78 bits per heavy atom. The van der Waals surface area contributed by atoms with Crippen molar-refractivity contribution in [1.29, 1.82) is 0 Å². The summed E-state index contributed by atoms with van der Waals surface area (Å²) in [6.45, 7) is 8.23. The van der Waals surface area contributed by atoms with E-state index in [1.807, 2.05) is 6.92 Å². The summed E-state index contributed by atoms with van der Waals surface area (Å²) in [6.07, 6.45) is -0.519. The molecule has 7 nitrogen and oxygen atoms in total. The van der Waals surface area contributed by atoms with Crippen LogP contribution in [0.15, 0.2) is 18.2 Å². The predicted octanol–water partition coefficient (Wildman–Crippen LogP) is 1.92. The van der Waals surface area contributed by atoms with Crippen molar-refractivity contribution >= 4 is 17.7 Å². The minimum absolute atomic E-state index is 0.265. The fraction of sp³-hybridized carbons (Fsp3) is 0.500. The number of nitrogens with one attached hydrogen (secondary N) is 2. The maximum atomic E-state index is 12.1. The third-order valence-corrected chi connectivity index (χ3v) is 2.58. The highest BCUT2D eigenvalue weighted by atomic mass is 16.6. The third kappa shape index (κ3) is 7.39. The van der Waals surface area contributed by atoms with Crippen molar-refractivity contribution in [3.05, 3.63) is 23.8 Å². The van der Waals surface area contributed by atoms with Crippen LogP contribution in [0.3, 0.4) is 0 Å². The molecule has 0 unspecified atom stereocenters. The van der Waals surface area contributed by atoms with Crippen molar-refractivity contribution in [1.82, 2.24) is 10.6 Å². The van der Waals surface area contributed by atoms with Crippen LogP contribution in [0.5, 0.6) is 5.75 Å². The van der Waals surface area contributed by atoms with E-state index in [2.05, 4.69) is 10.6 Å². The first-order valence-electron chi connectivity index (χ1n) is 7.49. The lowest BCUT2D eigenvalue weighted by Crippen LogP contribution is -2.37. The first-order valence-corrected chi connectivity index (χ1v) is 7.49. The molecule has 4 N–H and O–H groups in total. The molecule has 0 spiro atoms. The fourth-order valence-corrected chi connectivity index (χ4v) is 1.76. The predicted molar refractivity (Wildman–Crippen MR) is 88.6 cm³/mol. The maximum absolute atomic E-state index is 12.1. The number of nitrogen functional groups attached to an aromatic ring is 1. The number of carbonyl (C=O) groups is 2. The molecule has 1 aromatic rings. The summed E-state index contributed by atoms with van der Waals surface area (Å²) in [6, 6.07) is 4.85. The van der Waals surface area contributed by atoms with Crippen LogP contribution in [0, 0.1) is 0 Å². The Morgan fingerprint density at radius 3 is 2.39 bits per heavy atom. The van der Waals surface area contributed by atoms with E-state index in [4.69, 9.17) is 15.2 Å². The molecule has 0 aromatic heterocycles. The molecule has 0 radical (unpaired) electrons. The molecule has 0 aliphatic rings. The molecule has 0 bridgehead atoms. The maximum Gasteiger partial charge on any atom is 0.407 e. The lowest BCUT2D eigenvalue weighted by Gasteiger charge is -2.19. The van der Waals surface area contributed by atoms with Crippen molar-refractivity contribution in [2.45, 2.75) is 33.3 Å². The summed E-state index contributed by atoms with van der Waals surface area (Å²) < 4.78 is 10.4. The molecule has 0 saturated carbocycles. The summed E-state index contributed by atoms with van der Waals surface area (Å²) in [5.74, 6) is 0.258. The van der Waals surface area contributed by atoms with Crippen LogP contribution in [-0.4, -0.2) is 37.3 Å². The zero-order valence-electron chi connectivity index (χ0n) is 14.1. The molecule has 1 rings (SSSR count). The van der Waals surface area contributed by atoms with E-state index in [0.29, 0.717) is 23.6 Å². The minimum Gasteiger partial charge on any atom is -0.494 e. The zero-order chi connectivity index (χ0) is 17.5. The number of amides is 2. The van der Waals surface area contributed by atoms with E-state index in [0.717, 1.165) is 0 Å². The Labute approximate surface area is 136 Å². The van der Waals surface area contributed by atoms with Crippen molar-refractivity contribution in [3.63, 3.8) is 0 Å². The van der Waals surface area contributed by atoms with Gasteiger partial charge in [-0.15, -0.1) is 0 Å². The Bertz CT molecular complexity index is 553. The number of rotatable bonds is 6. The van der Waals surface area contributed by atoms with Crippen molar-refractivity contribution < 1.29 is 19.1 Å². The van der Waals surface area contributed by atoms with Crippen LogP contribution in [0.4, 0.5) is 10.5 Å². The standard InChI is InChI=1S/C16H25N3O4/c1-5-22-13-9-11(8-12(17)10-13)14(20)18-6-7-19-15(21)23-16(2,3)4/h8-10H,5-7,17H2,1-4H3,(H,18,20)(H,19,21). The number of ether oxygens (including phenoxy) is 2. The van der Waals surface area contributed by atoms with Gasteiger partial charge in [-0.05, 0) is 39.8 Å². The smallest absolute Gasteiger partial charge is 0.407 e. The van der Waals surface area contributed by atoms with Gasteiger partial charge in [0, 0.05) is 30.4 Å². The molecule has 0 heterocycles. The van der Waals surface area contributed by atoms with E-state index in [9.17, 15) is 9.59 Å². The number of hydrogen-bond donors (Lipinski definition) is 3. The Balaban J connectivity index is 2.44. The number of hydrogen-bond acceptors (Lipinski definition) is 5. The molecule has 0 saturated heterocycles. The van der Waals surface area contributed by atoms with Gasteiger partial charge in [0.25, 0.3) is 5.91 Å². The summed E-state index contributed by atoms with van der Waals surface area (Å²) in [5.41, 5.74) is 6.06. The largest absolute Gasteiger partial charge is 0.494 e. The number of benzene rings is 1. The van der Waals surface area contributed by atoms with Gasteiger partial charge < -0.3 is 25.8 Å². The fourth-order valence-electron chi connectivity index (χ4n) is 1.76. The zero-order valence-corrected chi connectivity index (χ0v) is 14.1. The second kappa shape index (κ2) is 8.26. The molecule has 23 heavy (non-hydrogen) atoms. The Kier molecular flexibility index (Phi) is 6.68. The third-order valence-electron chi connectivity index (χ3n) is 2.58. The SMILES string of the molecule is CCOc1cc(N)cc(C(=O)NCCNC(=O)OC(C)(C)C)c1. The molecule has 0 aliphatic carbocycles. The Hall–Kier alpha value is -2.44. The van der Waals surface area contributed by atoms with Crippen LogP contribution in [-0.2, 0) is 4.74 Å². The molecule has 128 valence electrons.